The van der Waals surface area contributed by atoms with E-state index in [1.165, 1.54) is 6.07 Å². The first kappa shape index (κ1) is 23.9. The van der Waals surface area contributed by atoms with Crippen LogP contribution in [0.3, 0.4) is 0 Å². The van der Waals surface area contributed by atoms with Crippen molar-refractivity contribution in [3.63, 3.8) is 0 Å². The molecule has 0 spiro atoms. The van der Waals surface area contributed by atoms with Gasteiger partial charge in [0.2, 0.25) is 0 Å². The van der Waals surface area contributed by atoms with E-state index in [2.05, 4.69) is 25.3 Å². The van der Waals surface area contributed by atoms with Crippen molar-refractivity contribution in [3.05, 3.63) is 53.7 Å². The average molecular weight is 543 g/mol. The fraction of sp³-hybridized carbons (Fsp3) is 0.545. The van der Waals surface area contributed by atoms with Gasteiger partial charge in [-0.25, -0.2) is 4.39 Å². The Morgan fingerprint density at radius 3 is 2.61 bits per heavy atom. The van der Waals surface area contributed by atoms with E-state index in [0.717, 1.165) is 62.8 Å². The highest BCUT2D eigenvalue weighted by Crippen LogP contribution is 2.34. The third-order valence-electron chi connectivity index (χ3n) is 6.23. The zero-order valence-electron chi connectivity index (χ0n) is 17.9. The molecule has 2 saturated heterocycles. The third kappa shape index (κ3) is 5.95. The molecule has 1 N–H and O–H groups in total. The van der Waals surface area contributed by atoms with Gasteiger partial charge in [0, 0.05) is 71.0 Å². The van der Waals surface area contributed by atoms with Crippen LogP contribution >= 0.6 is 24.0 Å². The van der Waals surface area contributed by atoms with Gasteiger partial charge in [0.1, 0.15) is 12.1 Å². The summed E-state index contributed by atoms with van der Waals surface area (Å²) in [6, 6.07) is 8.90. The molecule has 1 aromatic heterocycles. The van der Waals surface area contributed by atoms with Crippen molar-refractivity contribution in [1.29, 1.82) is 0 Å². The minimum absolute atomic E-state index is 0. The van der Waals surface area contributed by atoms with E-state index < -0.39 is 0 Å². The Labute approximate surface area is 200 Å². The van der Waals surface area contributed by atoms with E-state index in [4.69, 9.17) is 9.26 Å². The van der Waals surface area contributed by atoms with Crippen LogP contribution in [0.2, 0.25) is 0 Å². The third-order valence-corrected chi connectivity index (χ3v) is 6.23. The van der Waals surface area contributed by atoms with Gasteiger partial charge in [-0.15, -0.1) is 24.0 Å². The SMILES string of the molecule is CN=C(NCC1(c2cccc(F)c2)CCOCC1)N1CCN(Cc2ccon2)CC1.I. The van der Waals surface area contributed by atoms with Crippen molar-refractivity contribution in [1.82, 2.24) is 20.3 Å². The highest BCUT2D eigenvalue weighted by atomic mass is 127. The van der Waals surface area contributed by atoms with E-state index in [1.807, 2.05) is 19.2 Å². The Morgan fingerprint density at radius 2 is 1.97 bits per heavy atom. The van der Waals surface area contributed by atoms with Crippen LogP contribution in [0, 0.1) is 5.82 Å². The number of benzene rings is 1. The van der Waals surface area contributed by atoms with E-state index in [9.17, 15) is 4.39 Å². The van der Waals surface area contributed by atoms with Crippen molar-refractivity contribution in [3.8, 4) is 0 Å². The number of nitrogens with zero attached hydrogens (tertiary/aromatic N) is 4. The molecule has 2 aliphatic rings. The first-order valence-electron chi connectivity index (χ1n) is 10.6. The second-order valence-corrected chi connectivity index (χ2v) is 8.06. The van der Waals surface area contributed by atoms with Crippen LogP contribution in [-0.2, 0) is 16.7 Å². The molecule has 0 atom stereocenters. The molecule has 9 heteroatoms. The highest BCUT2D eigenvalue weighted by molar-refractivity contribution is 14.0. The van der Waals surface area contributed by atoms with Gasteiger partial charge in [0.15, 0.2) is 5.96 Å². The van der Waals surface area contributed by atoms with Crippen LogP contribution in [0.5, 0.6) is 0 Å². The van der Waals surface area contributed by atoms with Gasteiger partial charge in [-0.2, -0.15) is 0 Å². The number of hydrogen-bond acceptors (Lipinski definition) is 5. The normalized spacial score (nSPS) is 19.7. The number of hydrogen-bond donors (Lipinski definition) is 1. The van der Waals surface area contributed by atoms with Crippen LogP contribution in [0.15, 0.2) is 46.1 Å². The van der Waals surface area contributed by atoms with Gasteiger partial charge in [-0.1, -0.05) is 17.3 Å². The van der Waals surface area contributed by atoms with Crippen LogP contribution in [0.1, 0.15) is 24.1 Å². The predicted molar refractivity (Wildman–Crippen MR) is 128 cm³/mol. The number of aromatic nitrogens is 1. The summed E-state index contributed by atoms with van der Waals surface area (Å²) in [5.74, 6) is 0.712. The topological polar surface area (TPSA) is 66.1 Å². The Bertz CT molecular complexity index is 834. The maximum atomic E-state index is 13.9. The molecule has 0 amide bonds. The number of guanidine groups is 1. The fourth-order valence-corrected chi connectivity index (χ4v) is 4.39. The molecule has 3 heterocycles. The van der Waals surface area contributed by atoms with Gasteiger partial charge in [0.25, 0.3) is 0 Å². The molecule has 2 fully saturated rings. The van der Waals surface area contributed by atoms with Crippen molar-refractivity contribution in [2.24, 2.45) is 4.99 Å². The standard InChI is InChI=1S/C22H30FN5O2.HI/c1-24-21(28-10-8-27(9-11-28)16-20-5-12-30-26-20)25-17-22(6-13-29-14-7-22)18-3-2-4-19(23)15-18;/h2-5,12,15H,6-11,13-14,16-17H2,1H3,(H,24,25);1H. The molecule has 0 aliphatic carbocycles. The molecular formula is C22H31FIN5O2. The van der Waals surface area contributed by atoms with Gasteiger partial charge in [-0.05, 0) is 30.5 Å². The molecule has 0 saturated carbocycles. The zero-order chi connectivity index (χ0) is 20.8. The summed E-state index contributed by atoms with van der Waals surface area (Å²) in [5, 5.41) is 7.58. The lowest BCUT2D eigenvalue weighted by Crippen LogP contribution is -2.54. The van der Waals surface area contributed by atoms with Gasteiger partial charge in [0.05, 0.1) is 5.69 Å². The maximum Gasteiger partial charge on any atom is 0.193 e. The molecule has 2 aromatic rings. The van der Waals surface area contributed by atoms with Crippen molar-refractivity contribution in [2.75, 3.05) is 53.0 Å². The number of aliphatic imine (C=N–C) groups is 1. The molecule has 0 radical (unpaired) electrons. The maximum absolute atomic E-state index is 13.9. The minimum atomic E-state index is -0.189. The van der Waals surface area contributed by atoms with Gasteiger partial charge < -0.3 is 19.5 Å². The van der Waals surface area contributed by atoms with Crippen LogP contribution < -0.4 is 5.32 Å². The van der Waals surface area contributed by atoms with E-state index in [0.29, 0.717) is 19.8 Å². The minimum Gasteiger partial charge on any atom is -0.381 e. The lowest BCUT2D eigenvalue weighted by atomic mass is 9.74. The fourth-order valence-electron chi connectivity index (χ4n) is 4.39. The number of halogens is 2. The molecule has 0 bridgehead atoms. The van der Waals surface area contributed by atoms with E-state index >= 15 is 0 Å². The molecular weight excluding hydrogens is 512 g/mol. The summed E-state index contributed by atoms with van der Waals surface area (Å²) in [5.41, 5.74) is 1.85. The average Bonchev–Trinajstić information content (AvgIpc) is 3.29. The van der Waals surface area contributed by atoms with E-state index in [-0.39, 0.29) is 35.2 Å². The van der Waals surface area contributed by atoms with Crippen molar-refractivity contribution >= 4 is 29.9 Å². The monoisotopic (exact) mass is 543 g/mol. The number of ether oxygens (including phenoxy) is 1. The number of nitrogens with one attached hydrogen (secondary N) is 1. The number of piperazine rings is 1. The predicted octanol–water partition coefficient (Wildman–Crippen LogP) is 2.87. The Kier molecular flexibility index (Phi) is 8.67. The first-order chi connectivity index (χ1) is 14.7. The first-order valence-corrected chi connectivity index (χ1v) is 10.6. The molecule has 0 unspecified atom stereocenters. The van der Waals surface area contributed by atoms with Crippen LogP contribution in [0.25, 0.3) is 0 Å². The number of rotatable bonds is 5. The molecule has 31 heavy (non-hydrogen) atoms. The summed E-state index contributed by atoms with van der Waals surface area (Å²) in [7, 11) is 1.82. The molecule has 4 rings (SSSR count). The summed E-state index contributed by atoms with van der Waals surface area (Å²) < 4.78 is 24.4. The second-order valence-electron chi connectivity index (χ2n) is 8.06. The summed E-state index contributed by atoms with van der Waals surface area (Å²) in [4.78, 5) is 9.18. The molecule has 2 aliphatic heterocycles. The Balaban J connectivity index is 0.00000272. The molecule has 1 aromatic carbocycles. The van der Waals surface area contributed by atoms with E-state index in [1.54, 1.807) is 18.4 Å². The van der Waals surface area contributed by atoms with Crippen LogP contribution in [0.4, 0.5) is 4.39 Å². The smallest absolute Gasteiger partial charge is 0.193 e. The Morgan fingerprint density at radius 1 is 1.19 bits per heavy atom. The Hall–Kier alpha value is -1.72. The van der Waals surface area contributed by atoms with Gasteiger partial charge in [-0.3, -0.25) is 9.89 Å². The molecule has 7 nitrogen and oxygen atoms in total. The van der Waals surface area contributed by atoms with Crippen molar-refractivity contribution in [2.45, 2.75) is 24.8 Å². The lowest BCUT2D eigenvalue weighted by molar-refractivity contribution is 0.0509. The van der Waals surface area contributed by atoms with Crippen LogP contribution in [-0.4, -0.2) is 73.9 Å². The lowest BCUT2D eigenvalue weighted by Gasteiger charge is -2.40. The van der Waals surface area contributed by atoms with Gasteiger partial charge >= 0.3 is 0 Å². The zero-order valence-corrected chi connectivity index (χ0v) is 20.3. The summed E-state index contributed by atoms with van der Waals surface area (Å²) in [6.07, 6.45) is 3.35. The molecule has 170 valence electrons. The summed E-state index contributed by atoms with van der Waals surface area (Å²) in [6.45, 7) is 6.58. The quantitative estimate of drug-likeness (QED) is 0.356. The highest BCUT2D eigenvalue weighted by Gasteiger charge is 2.35. The second kappa shape index (κ2) is 11.2. The largest absolute Gasteiger partial charge is 0.381 e. The summed E-state index contributed by atoms with van der Waals surface area (Å²) >= 11 is 0. The van der Waals surface area contributed by atoms with Crippen molar-refractivity contribution < 1.29 is 13.7 Å².